The van der Waals surface area contributed by atoms with Gasteiger partial charge in [0.25, 0.3) is 10.0 Å². The van der Waals surface area contributed by atoms with E-state index in [4.69, 9.17) is 16.3 Å². The zero-order chi connectivity index (χ0) is 23.5. The Balaban J connectivity index is 2.01. The van der Waals surface area contributed by atoms with Gasteiger partial charge in [-0.25, -0.2) is 8.42 Å². The third-order valence-electron chi connectivity index (χ3n) is 5.07. The van der Waals surface area contributed by atoms with Gasteiger partial charge in [0, 0.05) is 5.69 Å². The summed E-state index contributed by atoms with van der Waals surface area (Å²) in [6.07, 6.45) is 0. The maximum atomic E-state index is 13.5. The average Bonchev–Trinajstić information content (AvgIpc) is 2.75. The van der Waals surface area contributed by atoms with Crippen LogP contribution in [0.15, 0.2) is 65.6 Å². The van der Waals surface area contributed by atoms with E-state index >= 15 is 0 Å². The normalized spacial score (nSPS) is 11.2. The molecule has 0 aliphatic carbocycles. The first kappa shape index (κ1) is 23.6. The second-order valence-corrected chi connectivity index (χ2v) is 9.73. The molecule has 0 saturated heterocycles. The van der Waals surface area contributed by atoms with Crippen LogP contribution in [0.4, 0.5) is 11.4 Å². The predicted octanol–water partition coefficient (Wildman–Crippen LogP) is 5.11. The van der Waals surface area contributed by atoms with E-state index in [-0.39, 0.29) is 15.6 Å². The number of benzene rings is 3. The SMILES string of the molecule is COc1ccc(N(CC(=O)Nc2c(C)cccc2C)S(=O)(=O)c2ccc(C)cc2)cc1Cl. The Morgan fingerprint density at radius 1 is 1.00 bits per heavy atom. The molecule has 0 radical (unpaired) electrons. The Morgan fingerprint density at radius 3 is 2.19 bits per heavy atom. The molecule has 1 N–H and O–H groups in total. The van der Waals surface area contributed by atoms with Crippen LogP contribution in [-0.2, 0) is 14.8 Å². The fourth-order valence-electron chi connectivity index (χ4n) is 3.28. The molecule has 32 heavy (non-hydrogen) atoms. The van der Waals surface area contributed by atoms with Crippen LogP contribution in [0.5, 0.6) is 5.75 Å². The third-order valence-corrected chi connectivity index (χ3v) is 7.15. The van der Waals surface area contributed by atoms with Crippen molar-refractivity contribution >= 4 is 38.9 Å². The van der Waals surface area contributed by atoms with E-state index in [1.54, 1.807) is 24.3 Å². The molecule has 3 aromatic rings. The number of rotatable bonds is 7. The molecular weight excluding hydrogens is 448 g/mol. The molecule has 3 aromatic carbocycles. The number of hydrogen-bond donors (Lipinski definition) is 1. The number of methoxy groups -OCH3 is 1. The van der Waals surface area contributed by atoms with Crippen LogP contribution < -0.4 is 14.4 Å². The molecule has 0 spiro atoms. The van der Waals surface area contributed by atoms with Crippen molar-refractivity contribution in [2.45, 2.75) is 25.7 Å². The highest BCUT2D eigenvalue weighted by Gasteiger charge is 2.28. The van der Waals surface area contributed by atoms with E-state index in [9.17, 15) is 13.2 Å². The zero-order valence-corrected chi connectivity index (χ0v) is 19.9. The van der Waals surface area contributed by atoms with Gasteiger partial charge >= 0.3 is 0 Å². The molecule has 168 valence electrons. The van der Waals surface area contributed by atoms with Crippen molar-refractivity contribution in [2.24, 2.45) is 0 Å². The lowest BCUT2D eigenvalue weighted by atomic mass is 10.1. The number of anilines is 2. The van der Waals surface area contributed by atoms with E-state index in [0.717, 1.165) is 21.0 Å². The number of nitrogens with one attached hydrogen (secondary N) is 1. The maximum absolute atomic E-state index is 13.5. The molecule has 1 amide bonds. The van der Waals surface area contributed by atoms with Crippen molar-refractivity contribution in [3.05, 3.63) is 82.4 Å². The van der Waals surface area contributed by atoms with Gasteiger partial charge in [-0.2, -0.15) is 0 Å². The molecule has 8 heteroatoms. The van der Waals surface area contributed by atoms with Crippen molar-refractivity contribution in [1.29, 1.82) is 0 Å². The van der Waals surface area contributed by atoms with Gasteiger partial charge in [-0.15, -0.1) is 0 Å². The van der Waals surface area contributed by atoms with Gasteiger partial charge in [-0.05, 0) is 62.2 Å². The lowest BCUT2D eigenvalue weighted by Gasteiger charge is -2.25. The van der Waals surface area contributed by atoms with Crippen LogP contribution in [-0.4, -0.2) is 28.0 Å². The van der Waals surface area contributed by atoms with Crippen LogP contribution in [0.25, 0.3) is 0 Å². The highest BCUT2D eigenvalue weighted by molar-refractivity contribution is 7.92. The minimum Gasteiger partial charge on any atom is -0.495 e. The summed E-state index contributed by atoms with van der Waals surface area (Å²) in [6, 6.07) is 16.7. The number of nitrogens with zero attached hydrogens (tertiary/aromatic N) is 1. The fraction of sp³-hybridized carbons (Fsp3) is 0.208. The standard InChI is InChI=1S/C24H25ClN2O4S/c1-16-8-11-20(12-9-16)32(29,30)27(19-10-13-22(31-4)21(25)14-19)15-23(28)26-24-17(2)6-5-7-18(24)3/h5-14H,15H2,1-4H3,(H,26,28). The summed E-state index contributed by atoms with van der Waals surface area (Å²) in [5, 5.41) is 3.09. The van der Waals surface area contributed by atoms with Gasteiger partial charge in [0.2, 0.25) is 5.91 Å². The quantitative estimate of drug-likeness (QED) is 0.518. The van der Waals surface area contributed by atoms with E-state index in [2.05, 4.69) is 5.32 Å². The number of ether oxygens (including phenoxy) is 1. The van der Waals surface area contributed by atoms with Crippen LogP contribution in [0, 0.1) is 20.8 Å². The Kier molecular flexibility index (Phi) is 7.11. The van der Waals surface area contributed by atoms with Gasteiger partial charge in [-0.3, -0.25) is 9.10 Å². The van der Waals surface area contributed by atoms with E-state index in [0.29, 0.717) is 11.4 Å². The number of sulfonamides is 1. The molecule has 0 heterocycles. The Bertz CT molecular complexity index is 1220. The smallest absolute Gasteiger partial charge is 0.264 e. The summed E-state index contributed by atoms with van der Waals surface area (Å²) in [5.41, 5.74) is 3.62. The van der Waals surface area contributed by atoms with Crippen LogP contribution >= 0.6 is 11.6 Å². The number of halogens is 1. The summed E-state index contributed by atoms with van der Waals surface area (Å²) in [7, 11) is -2.57. The molecule has 0 aliphatic heterocycles. The summed E-state index contributed by atoms with van der Waals surface area (Å²) in [5.74, 6) is -0.0619. The van der Waals surface area contributed by atoms with E-state index in [1.165, 1.54) is 25.3 Å². The van der Waals surface area contributed by atoms with Gasteiger partial charge in [0.05, 0.1) is 22.7 Å². The van der Waals surface area contributed by atoms with E-state index in [1.807, 2.05) is 39.0 Å². The summed E-state index contributed by atoms with van der Waals surface area (Å²) < 4.78 is 33.2. The number of aryl methyl sites for hydroxylation is 3. The monoisotopic (exact) mass is 472 g/mol. The predicted molar refractivity (Wildman–Crippen MR) is 128 cm³/mol. The molecule has 0 unspecified atom stereocenters. The highest BCUT2D eigenvalue weighted by atomic mass is 35.5. The summed E-state index contributed by atoms with van der Waals surface area (Å²) >= 11 is 6.25. The van der Waals surface area contributed by atoms with Gasteiger partial charge in [0.15, 0.2) is 0 Å². The molecule has 0 bridgehead atoms. The zero-order valence-electron chi connectivity index (χ0n) is 18.3. The largest absolute Gasteiger partial charge is 0.495 e. The van der Waals surface area contributed by atoms with Gasteiger partial charge in [0.1, 0.15) is 12.3 Å². The number of carbonyl (C=O) groups is 1. The highest BCUT2D eigenvalue weighted by Crippen LogP contribution is 2.32. The minimum absolute atomic E-state index is 0.0786. The number of carbonyl (C=O) groups excluding carboxylic acids is 1. The second kappa shape index (κ2) is 9.63. The second-order valence-electron chi connectivity index (χ2n) is 7.46. The lowest BCUT2D eigenvalue weighted by molar-refractivity contribution is -0.114. The molecule has 0 aliphatic rings. The van der Waals surface area contributed by atoms with Gasteiger partial charge in [-0.1, -0.05) is 47.5 Å². The Labute approximate surface area is 193 Å². The first-order valence-electron chi connectivity index (χ1n) is 9.92. The summed E-state index contributed by atoms with van der Waals surface area (Å²) in [4.78, 5) is 13.0. The summed E-state index contributed by atoms with van der Waals surface area (Å²) in [6.45, 7) is 5.21. The van der Waals surface area contributed by atoms with Crippen molar-refractivity contribution in [3.63, 3.8) is 0 Å². The molecular formula is C24H25ClN2O4S. The third kappa shape index (κ3) is 5.06. The Morgan fingerprint density at radius 2 is 1.62 bits per heavy atom. The molecule has 3 rings (SSSR count). The van der Waals surface area contributed by atoms with Crippen LogP contribution in [0.1, 0.15) is 16.7 Å². The first-order valence-corrected chi connectivity index (χ1v) is 11.7. The fourth-order valence-corrected chi connectivity index (χ4v) is 4.95. The average molecular weight is 473 g/mol. The Hall–Kier alpha value is -3.03. The van der Waals surface area contributed by atoms with Gasteiger partial charge < -0.3 is 10.1 Å². The van der Waals surface area contributed by atoms with Crippen molar-refractivity contribution in [1.82, 2.24) is 0 Å². The van der Waals surface area contributed by atoms with Crippen LogP contribution in [0.3, 0.4) is 0 Å². The molecule has 0 saturated carbocycles. The molecule has 0 fully saturated rings. The topological polar surface area (TPSA) is 75.7 Å². The molecule has 0 atom stereocenters. The van der Waals surface area contributed by atoms with Crippen molar-refractivity contribution in [2.75, 3.05) is 23.3 Å². The molecule has 6 nitrogen and oxygen atoms in total. The number of hydrogen-bond acceptors (Lipinski definition) is 4. The van der Waals surface area contributed by atoms with Crippen LogP contribution in [0.2, 0.25) is 5.02 Å². The number of amides is 1. The first-order chi connectivity index (χ1) is 15.1. The lowest BCUT2D eigenvalue weighted by Crippen LogP contribution is -2.38. The number of para-hydroxylation sites is 1. The maximum Gasteiger partial charge on any atom is 0.264 e. The minimum atomic E-state index is -4.04. The van der Waals surface area contributed by atoms with Crippen molar-refractivity contribution in [3.8, 4) is 5.75 Å². The van der Waals surface area contributed by atoms with E-state index < -0.39 is 22.5 Å². The molecule has 0 aromatic heterocycles. The van der Waals surface area contributed by atoms with Crippen molar-refractivity contribution < 1.29 is 17.9 Å².